The topological polar surface area (TPSA) is 50.8 Å². The smallest absolute Gasteiger partial charge is 0.254 e. The number of carbonyl (C=O) groups excluding carboxylic acids is 1. The van der Waals surface area contributed by atoms with Gasteiger partial charge in [-0.2, -0.15) is 0 Å². The Kier molecular flexibility index (Phi) is 4.76. The molecule has 17 heavy (non-hydrogen) atoms. The molecule has 0 aliphatic carbocycles. The van der Waals surface area contributed by atoms with Crippen LogP contribution in [0.2, 0.25) is 0 Å². The van der Waals surface area contributed by atoms with Crippen LogP contribution in [-0.2, 0) is 14.3 Å². The van der Waals surface area contributed by atoms with Crippen molar-refractivity contribution in [2.75, 3.05) is 39.5 Å². The molecule has 2 heterocycles. The van der Waals surface area contributed by atoms with Gasteiger partial charge in [0.1, 0.15) is 0 Å². The molecule has 1 amide bonds. The third-order valence-electron chi connectivity index (χ3n) is 3.32. The fourth-order valence-corrected chi connectivity index (χ4v) is 2.47. The first-order chi connectivity index (χ1) is 8.31. The van der Waals surface area contributed by atoms with Crippen LogP contribution in [0.4, 0.5) is 0 Å². The maximum absolute atomic E-state index is 12.2. The van der Waals surface area contributed by atoms with Gasteiger partial charge in [0.15, 0.2) is 6.10 Å². The maximum Gasteiger partial charge on any atom is 0.254 e. The van der Waals surface area contributed by atoms with Crippen molar-refractivity contribution in [3.8, 4) is 0 Å². The van der Waals surface area contributed by atoms with Gasteiger partial charge in [-0.3, -0.25) is 4.79 Å². The van der Waals surface area contributed by atoms with E-state index in [1.807, 2.05) is 4.90 Å². The van der Waals surface area contributed by atoms with Crippen molar-refractivity contribution in [3.63, 3.8) is 0 Å². The van der Waals surface area contributed by atoms with Gasteiger partial charge >= 0.3 is 0 Å². The van der Waals surface area contributed by atoms with Gasteiger partial charge < -0.3 is 19.7 Å². The first-order valence-electron chi connectivity index (χ1n) is 6.52. The summed E-state index contributed by atoms with van der Waals surface area (Å²) in [7, 11) is 0. The fraction of sp³-hybridized carbons (Fsp3) is 0.917. The largest absolute Gasteiger partial charge is 0.376 e. The summed E-state index contributed by atoms with van der Waals surface area (Å²) in [5, 5.41) is 3.41. The summed E-state index contributed by atoms with van der Waals surface area (Å²) in [6.07, 6.45) is 1.83. The first kappa shape index (κ1) is 12.8. The summed E-state index contributed by atoms with van der Waals surface area (Å²) in [5.41, 5.74) is 0. The summed E-state index contributed by atoms with van der Waals surface area (Å²) < 4.78 is 10.7. The van der Waals surface area contributed by atoms with Crippen LogP contribution in [0.15, 0.2) is 0 Å². The predicted molar refractivity (Wildman–Crippen MR) is 63.8 cm³/mol. The number of ether oxygens (including phenoxy) is 2. The van der Waals surface area contributed by atoms with Crippen molar-refractivity contribution in [3.05, 3.63) is 0 Å². The van der Waals surface area contributed by atoms with Gasteiger partial charge in [-0.25, -0.2) is 0 Å². The lowest BCUT2D eigenvalue weighted by Crippen LogP contribution is -2.52. The second-order valence-corrected chi connectivity index (χ2v) is 4.62. The standard InChI is InChI=1S/C12H22N2O3/c1-2-13-10-4-3-5-14(8-10)12(15)11-9-16-6-7-17-11/h10-11,13H,2-9H2,1H3. The van der Waals surface area contributed by atoms with Crippen molar-refractivity contribution < 1.29 is 14.3 Å². The Balaban J connectivity index is 1.85. The minimum Gasteiger partial charge on any atom is -0.376 e. The van der Waals surface area contributed by atoms with Gasteiger partial charge in [-0.05, 0) is 19.4 Å². The summed E-state index contributed by atoms with van der Waals surface area (Å²) in [4.78, 5) is 14.1. The molecule has 5 heteroatoms. The van der Waals surface area contributed by atoms with E-state index in [0.29, 0.717) is 25.9 Å². The lowest BCUT2D eigenvalue weighted by atomic mass is 10.0. The van der Waals surface area contributed by atoms with E-state index in [4.69, 9.17) is 9.47 Å². The minimum atomic E-state index is -0.385. The predicted octanol–water partition coefficient (Wildman–Crippen LogP) is 0.00230. The van der Waals surface area contributed by atoms with Crippen LogP contribution in [-0.4, -0.2) is 62.4 Å². The molecule has 0 aromatic heterocycles. The quantitative estimate of drug-likeness (QED) is 0.757. The Morgan fingerprint density at radius 1 is 1.47 bits per heavy atom. The average Bonchev–Trinajstić information content (AvgIpc) is 2.40. The number of likely N-dealkylation sites (N-methyl/N-ethyl adjacent to an activating group) is 1. The third-order valence-corrected chi connectivity index (χ3v) is 3.32. The number of likely N-dealkylation sites (tertiary alicyclic amines) is 1. The maximum atomic E-state index is 12.2. The van der Waals surface area contributed by atoms with Gasteiger partial charge in [-0.15, -0.1) is 0 Å². The zero-order chi connectivity index (χ0) is 12.1. The van der Waals surface area contributed by atoms with E-state index in [-0.39, 0.29) is 12.0 Å². The molecule has 0 aromatic rings. The van der Waals surface area contributed by atoms with E-state index in [1.165, 1.54) is 0 Å². The molecule has 2 rings (SSSR count). The van der Waals surface area contributed by atoms with Gasteiger partial charge in [-0.1, -0.05) is 6.92 Å². The Hall–Kier alpha value is -0.650. The second-order valence-electron chi connectivity index (χ2n) is 4.62. The lowest BCUT2D eigenvalue weighted by molar-refractivity contribution is -0.159. The highest BCUT2D eigenvalue weighted by Gasteiger charge is 2.30. The third kappa shape index (κ3) is 3.40. The molecule has 0 saturated carbocycles. The molecule has 2 saturated heterocycles. The molecule has 5 nitrogen and oxygen atoms in total. The molecular weight excluding hydrogens is 220 g/mol. The molecule has 2 unspecified atom stereocenters. The van der Waals surface area contributed by atoms with E-state index in [2.05, 4.69) is 12.2 Å². The number of carbonyl (C=O) groups is 1. The molecule has 2 aliphatic rings. The lowest BCUT2D eigenvalue weighted by Gasteiger charge is -2.35. The van der Waals surface area contributed by atoms with E-state index in [9.17, 15) is 4.79 Å². The molecule has 0 aromatic carbocycles. The number of amides is 1. The summed E-state index contributed by atoms with van der Waals surface area (Å²) in [6, 6.07) is 0.433. The van der Waals surface area contributed by atoms with Crippen LogP contribution in [0.3, 0.4) is 0 Å². The first-order valence-corrected chi connectivity index (χ1v) is 6.52. The summed E-state index contributed by atoms with van der Waals surface area (Å²) in [6.45, 7) is 6.23. The number of nitrogens with zero attached hydrogens (tertiary/aromatic N) is 1. The van der Waals surface area contributed by atoms with Gasteiger partial charge in [0.25, 0.3) is 5.91 Å². The number of hydrogen-bond acceptors (Lipinski definition) is 4. The van der Waals surface area contributed by atoms with E-state index in [0.717, 1.165) is 32.5 Å². The van der Waals surface area contributed by atoms with Crippen LogP contribution in [0.25, 0.3) is 0 Å². The van der Waals surface area contributed by atoms with Crippen LogP contribution in [0.5, 0.6) is 0 Å². The molecule has 2 fully saturated rings. The molecule has 0 radical (unpaired) electrons. The molecule has 2 atom stereocenters. The van der Waals surface area contributed by atoms with E-state index < -0.39 is 0 Å². The number of nitrogens with one attached hydrogen (secondary N) is 1. The van der Waals surface area contributed by atoms with Crippen LogP contribution in [0, 0.1) is 0 Å². The average molecular weight is 242 g/mol. The van der Waals surface area contributed by atoms with E-state index >= 15 is 0 Å². The van der Waals surface area contributed by atoms with Crippen molar-refractivity contribution in [2.45, 2.75) is 31.9 Å². The monoisotopic (exact) mass is 242 g/mol. The molecule has 0 spiro atoms. The Bertz CT molecular complexity index is 252. The fourth-order valence-electron chi connectivity index (χ4n) is 2.47. The highest BCUT2D eigenvalue weighted by molar-refractivity contribution is 5.81. The zero-order valence-electron chi connectivity index (χ0n) is 10.5. The van der Waals surface area contributed by atoms with Gasteiger partial charge in [0.05, 0.1) is 19.8 Å². The number of hydrogen-bond donors (Lipinski definition) is 1. The SMILES string of the molecule is CCNC1CCCN(C(=O)C2COCCO2)C1. The molecule has 1 N–H and O–H groups in total. The van der Waals surface area contributed by atoms with Crippen molar-refractivity contribution in [1.82, 2.24) is 10.2 Å². The highest BCUT2D eigenvalue weighted by atomic mass is 16.6. The van der Waals surface area contributed by atoms with Crippen LogP contribution in [0.1, 0.15) is 19.8 Å². The molecular formula is C12H22N2O3. The van der Waals surface area contributed by atoms with Gasteiger partial charge in [0, 0.05) is 19.1 Å². The minimum absolute atomic E-state index is 0.0901. The van der Waals surface area contributed by atoms with Crippen LogP contribution < -0.4 is 5.32 Å². The normalized spacial score (nSPS) is 30.3. The number of piperidine rings is 1. The van der Waals surface area contributed by atoms with Crippen molar-refractivity contribution >= 4 is 5.91 Å². The zero-order valence-corrected chi connectivity index (χ0v) is 10.5. The second kappa shape index (κ2) is 6.33. The summed E-state index contributed by atoms with van der Waals surface area (Å²) >= 11 is 0. The van der Waals surface area contributed by atoms with Gasteiger partial charge in [0.2, 0.25) is 0 Å². The summed E-state index contributed by atoms with van der Waals surface area (Å²) in [5.74, 6) is 0.0901. The molecule has 0 bridgehead atoms. The van der Waals surface area contributed by atoms with E-state index in [1.54, 1.807) is 0 Å². The van der Waals surface area contributed by atoms with Crippen molar-refractivity contribution in [1.29, 1.82) is 0 Å². The Labute approximate surface area is 102 Å². The van der Waals surface area contributed by atoms with Crippen LogP contribution >= 0.6 is 0 Å². The van der Waals surface area contributed by atoms with Crippen molar-refractivity contribution in [2.24, 2.45) is 0 Å². The Morgan fingerprint density at radius 3 is 3.06 bits per heavy atom. The Morgan fingerprint density at radius 2 is 2.35 bits per heavy atom. The molecule has 2 aliphatic heterocycles. The highest BCUT2D eigenvalue weighted by Crippen LogP contribution is 2.13. The number of rotatable bonds is 3. The molecule has 98 valence electrons.